The zero-order valence-corrected chi connectivity index (χ0v) is 14.1. The van der Waals surface area contributed by atoms with Gasteiger partial charge in [0.05, 0.1) is 0 Å². The van der Waals surface area contributed by atoms with Crippen LogP contribution in [0.4, 0.5) is 5.69 Å². The second-order valence-electron chi connectivity index (χ2n) is 6.16. The van der Waals surface area contributed by atoms with Gasteiger partial charge in [-0.05, 0) is 42.0 Å². The molecule has 0 aliphatic carbocycles. The van der Waals surface area contributed by atoms with Gasteiger partial charge < -0.3 is 10.2 Å². The Morgan fingerprint density at radius 1 is 1.08 bits per heavy atom. The molecule has 0 saturated heterocycles. The number of aryl methyl sites for hydroxylation is 2. The van der Waals surface area contributed by atoms with E-state index in [-0.39, 0.29) is 0 Å². The molecule has 24 heavy (non-hydrogen) atoms. The van der Waals surface area contributed by atoms with Crippen molar-refractivity contribution in [2.24, 2.45) is 0 Å². The van der Waals surface area contributed by atoms with Crippen molar-refractivity contribution in [3.8, 4) is 0 Å². The van der Waals surface area contributed by atoms with E-state index in [9.17, 15) is 9.59 Å². The van der Waals surface area contributed by atoms with Crippen LogP contribution >= 0.6 is 0 Å². The lowest BCUT2D eigenvalue weighted by atomic mass is 10.00. The standard InChI is InChI=1S/C20H22N2O2/c1-3-15-10-6-7-14(2)18(15)21-19(23)20(24)22-12-11-16-8-4-5-9-17(16)13-22/h4-10H,3,11-13H2,1-2H3,(H,21,23). The molecule has 0 aromatic heterocycles. The number of carbonyl (C=O) groups excluding carboxylic acids is 2. The maximum atomic E-state index is 12.5. The van der Waals surface area contributed by atoms with Gasteiger partial charge in [0, 0.05) is 18.8 Å². The fourth-order valence-corrected chi connectivity index (χ4v) is 3.18. The van der Waals surface area contributed by atoms with Gasteiger partial charge in [-0.2, -0.15) is 0 Å². The molecule has 2 aromatic rings. The molecule has 124 valence electrons. The summed E-state index contributed by atoms with van der Waals surface area (Å²) in [6, 6.07) is 14.0. The number of benzene rings is 2. The van der Waals surface area contributed by atoms with E-state index in [2.05, 4.69) is 11.4 Å². The molecule has 2 amide bonds. The monoisotopic (exact) mass is 322 g/mol. The van der Waals surface area contributed by atoms with Gasteiger partial charge in [-0.1, -0.05) is 49.4 Å². The van der Waals surface area contributed by atoms with Crippen LogP contribution in [0.25, 0.3) is 0 Å². The summed E-state index contributed by atoms with van der Waals surface area (Å²) < 4.78 is 0. The highest BCUT2D eigenvalue weighted by Gasteiger charge is 2.26. The number of fused-ring (bicyclic) bond motifs is 1. The Balaban J connectivity index is 1.74. The van der Waals surface area contributed by atoms with Gasteiger partial charge in [-0.15, -0.1) is 0 Å². The summed E-state index contributed by atoms with van der Waals surface area (Å²) in [5.74, 6) is -1.02. The van der Waals surface area contributed by atoms with E-state index in [1.54, 1.807) is 4.90 Å². The number of nitrogens with one attached hydrogen (secondary N) is 1. The summed E-state index contributed by atoms with van der Waals surface area (Å²) in [4.78, 5) is 26.6. The molecule has 4 heteroatoms. The van der Waals surface area contributed by atoms with E-state index in [0.717, 1.165) is 35.2 Å². The minimum atomic E-state index is -0.557. The normalized spacial score (nSPS) is 13.3. The average molecular weight is 322 g/mol. The van der Waals surface area contributed by atoms with Gasteiger partial charge in [-0.25, -0.2) is 0 Å². The zero-order valence-electron chi connectivity index (χ0n) is 14.1. The van der Waals surface area contributed by atoms with Crippen LogP contribution in [0.5, 0.6) is 0 Å². The number of nitrogens with zero attached hydrogens (tertiary/aromatic N) is 1. The molecular weight excluding hydrogens is 300 g/mol. The second kappa shape index (κ2) is 6.87. The van der Waals surface area contributed by atoms with E-state index in [1.165, 1.54) is 5.56 Å². The summed E-state index contributed by atoms with van der Waals surface area (Å²) >= 11 is 0. The summed E-state index contributed by atoms with van der Waals surface area (Å²) in [5.41, 5.74) is 5.15. The number of carbonyl (C=O) groups is 2. The Morgan fingerprint density at radius 3 is 2.58 bits per heavy atom. The molecule has 1 heterocycles. The first kappa shape index (κ1) is 16.2. The van der Waals surface area contributed by atoms with Crippen LogP contribution in [-0.4, -0.2) is 23.3 Å². The van der Waals surface area contributed by atoms with Crippen molar-refractivity contribution < 1.29 is 9.59 Å². The molecule has 1 N–H and O–H groups in total. The van der Waals surface area contributed by atoms with Gasteiger partial charge in [-0.3, -0.25) is 9.59 Å². The Kier molecular flexibility index (Phi) is 4.65. The molecule has 0 fully saturated rings. The van der Waals surface area contributed by atoms with E-state index >= 15 is 0 Å². The first-order valence-electron chi connectivity index (χ1n) is 8.35. The molecule has 0 spiro atoms. The van der Waals surface area contributed by atoms with Crippen molar-refractivity contribution >= 4 is 17.5 Å². The van der Waals surface area contributed by atoms with Crippen LogP contribution in [0, 0.1) is 6.92 Å². The van der Waals surface area contributed by atoms with E-state index in [1.807, 2.05) is 50.2 Å². The van der Waals surface area contributed by atoms with E-state index < -0.39 is 11.8 Å². The summed E-state index contributed by atoms with van der Waals surface area (Å²) in [7, 11) is 0. The van der Waals surface area contributed by atoms with Crippen LogP contribution in [0.2, 0.25) is 0 Å². The van der Waals surface area contributed by atoms with Crippen molar-refractivity contribution in [2.75, 3.05) is 11.9 Å². The first-order valence-corrected chi connectivity index (χ1v) is 8.35. The number of amides is 2. The Morgan fingerprint density at radius 2 is 1.83 bits per heavy atom. The Hall–Kier alpha value is -2.62. The quantitative estimate of drug-likeness (QED) is 0.864. The van der Waals surface area contributed by atoms with E-state index in [4.69, 9.17) is 0 Å². The topological polar surface area (TPSA) is 49.4 Å². The third-order valence-corrected chi connectivity index (χ3v) is 4.59. The number of para-hydroxylation sites is 1. The SMILES string of the molecule is CCc1cccc(C)c1NC(=O)C(=O)N1CCc2ccccc2C1. The molecule has 1 aliphatic rings. The van der Waals surface area contributed by atoms with Gasteiger partial charge in [0.2, 0.25) is 0 Å². The summed E-state index contributed by atoms with van der Waals surface area (Å²) in [6.45, 7) is 5.05. The van der Waals surface area contributed by atoms with Crippen molar-refractivity contribution in [3.63, 3.8) is 0 Å². The Bertz CT molecular complexity index is 783. The zero-order chi connectivity index (χ0) is 17.1. The van der Waals surface area contributed by atoms with Crippen molar-refractivity contribution in [1.29, 1.82) is 0 Å². The number of rotatable bonds is 2. The highest BCUT2D eigenvalue weighted by molar-refractivity contribution is 6.39. The minimum Gasteiger partial charge on any atom is -0.330 e. The molecule has 0 saturated carbocycles. The summed E-state index contributed by atoms with van der Waals surface area (Å²) in [5, 5.41) is 2.82. The highest BCUT2D eigenvalue weighted by Crippen LogP contribution is 2.22. The third kappa shape index (κ3) is 3.18. The van der Waals surface area contributed by atoms with Crippen LogP contribution in [0.15, 0.2) is 42.5 Å². The second-order valence-corrected chi connectivity index (χ2v) is 6.16. The smallest absolute Gasteiger partial charge is 0.313 e. The largest absolute Gasteiger partial charge is 0.330 e. The fourth-order valence-electron chi connectivity index (χ4n) is 3.18. The van der Waals surface area contributed by atoms with Crippen molar-refractivity contribution in [1.82, 2.24) is 4.90 Å². The lowest BCUT2D eigenvalue weighted by Gasteiger charge is -2.28. The maximum absolute atomic E-state index is 12.5. The van der Waals surface area contributed by atoms with Crippen molar-refractivity contribution in [3.05, 3.63) is 64.7 Å². The third-order valence-electron chi connectivity index (χ3n) is 4.59. The minimum absolute atomic E-state index is 0.463. The van der Waals surface area contributed by atoms with Gasteiger partial charge >= 0.3 is 11.8 Å². The van der Waals surface area contributed by atoms with Gasteiger partial charge in [0.1, 0.15) is 0 Å². The number of hydrogen-bond acceptors (Lipinski definition) is 2. The molecule has 1 aliphatic heterocycles. The molecular formula is C20H22N2O2. The lowest BCUT2D eigenvalue weighted by molar-refractivity contribution is -0.143. The maximum Gasteiger partial charge on any atom is 0.313 e. The Labute approximate surface area is 142 Å². The van der Waals surface area contributed by atoms with Crippen LogP contribution in [0.3, 0.4) is 0 Å². The molecule has 0 unspecified atom stereocenters. The van der Waals surface area contributed by atoms with E-state index in [0.29, 0.717) is 13.1 Å². The molecule has 0 bridgehead atoms. The molecule has 4 nitrogen and oxygen atoms in total. The molecule has 0 atom stereocenters. The van der Waals surface area contributed by atoms with Crippen LogP contribution in [0.1, 0.15) is 29.2 Å². The first-order chi connectivity index (χ1) is 11.6. The molecule has 3 rings (SSSR count). The van der Waals surface area contributed by atoms with Crippen LogP contribution in [-0.2, 0) is 29.0 Å². The van der Waals surface area contributed by atoms with Gasteiger partial charge in [0.25, 0.3) is 0 Å². The predicted octanol–water partition coefficient (Wildman–Crippen LogP) is 3.08. The van der Waals surface area contributed by atoms with Crippen molar-refractivity contribution in [2.45, 2.75) is 33.2 Å². The molecule has 0 radical (unpaired) electrons. The number of anilines is 1. The van der Waals surface area contributed by atoms with Crippen LogP contribution < -0.4 is 5.32 Å². The van der Waals surface area contributed by atoms with Gasteiger partial charge in [0.15, 0.2) is 0 Å². The molecule has 2 aromatic carbocycles. The number of hydrogen-bond donors (Lipinski definition) is 1. The highest BCUT2D eigenvalue weighted by atomic mass is 16.2. The predicted molar refractivity (Wildman–Crippen MR) is 94.7 cm³/mol. The fraction of sp³-hybridized carbons (Fsp3) is 0.300. The summed E-state index contributed by atoms with van der Waals surface area (Å²) in [6.07, 6.45) is 1.60. The lowest BCUT2D eigenvalue weighted by Crippen LogP contribution is -2.42. The average Bonchev–Trinajstić information content (AvgIpc) is 2.62.